The molecule has 1 saturated heterocycles. The number of benzene rings is 1. The third-order valence-corrected chi connectivity index (χ3v) is 4.23. The number of nitro groups is 1. The van der Waals surface area contributed by atoms with Crippen molar-refractivity contribution in [2.24, 2.45) is 5.92 Å². The van der Waals surface area contributed by atoms with E-state index in [-0.39, 0.29) is 10.6 Å². The van der Waals surface area contributed by atoms with E-state index in [0.29, 0.717) is 23.0 Å². The van der Waals surface area contributed by atoms with E-state index in [9.17, 15) is 10.1 Å². The molecule has 2 rings (SSSR count). The zero-order valence-corrected chi connectivity index (χ0v) is 13.1. The highest BCUT2D eigenvalue weighted by Crippen LogP contribution is 2.24. The molecule has 0 aromatic heterocycles. The first-order chi connectivity index (χ1) is 10.1. The Morgan fingerprint density at radius 3 is 2.95 bits per heavy atom. The maximum atomic E-state index is 11.1. The van der Waals surface area contributed by atoms with Crippen molar-refractivity contribution in [3.05, 3.63) is 38.9 Å². The topological polar surface area (TPSA) is 58.4 Å². The van der Waals surface area contributed by atoms with Crippen LogP contribution in [0.1, 0.15) is 25.3 Å². The Morgan fingerprint density at radius 2 is 2.33 bits per heavy atom. The van der Waals surface area contributed by atoms with Gasteiger partial charge in [-0.2, -0.15) is 0 Å². The fourth-order valence-electron chi connectivity index (χ4n) is 2.85. The average molecular weight is 312 g/mol. The molecule has 1 N–H and O–H groups in total. The highest BCUT2D eigenvalue weighted by molar-refractivity contribution is 6.30. The van der Waals surface area contributed by atoms with Gasteiger partial charge < -0.3 is 5.32 Å². The van der Waals surface area contributed by atoms with E-state index in [4.69, 9.17) is 11.6 Å². The molecule has 0 saturated carbocycles. The summed E-state index contributed by atoms with van der Waals surface area (Å²) in [6.45, 7) is 6.64. The summed E-state index contributed by atoms with van der Waals surface area (Å²) in [4.78, 5) is 13.1. The zero-order chi connectivity index (χ0) is 15.2. The Bertz CT molecular complexity index is 490. The molecule has 6 heteroatoms. The number of hydrogen-bond donors (Lipinski definition) is 1. The van der Waals surface area contributed by atoms with Crippen LogP contribution in [0.4, 0.5) is 5.69 Å². The number of rotatable bonds is 6. The summed E-state index contributed by atoms with van der Waals surface area (Å²) in [5.41, 5.74) is 0.845. The lowest BCUT2D eigenvalue weighted by atomic mass is 9.99. The lowest BCUT2D eigenvalue weighted by Gasteiger charge is -2.29. The van der Waals surface area contributed by atoms with Crippen molar-refractivity contribution in [3.8, 4) is 0 Å². The lowest BCUT2D eigenvalue weighted by Crippen LogP contribution is -2.38. The van der Waals surface area contributed by atoms with Gasteiger partial charge in [0.05, 0.1) is 4.92 Å². The smallest absolute Gasteiger partial charge is 0.273 e. The molecule has 1 aliphatic heterocycles. The van der Waals surface area contributed by atoms with Crippen LogP contribution in [0.15, 0.2) is 18.2 Å². The normalized spacial score (nSPS) is 18.9. The molecule has 21 heavy (non-hydrogen) atoms. The van der Waals surface area contributed by atoms with E-state index in [1.54, 1.807) is 12.1 Å². The van der Waals surface area contributed by atoms with Crippen LogP contribution in [0, 0.1) is 16.0 Å². The molecule has 1 fully saturated rings. The second-order valence-corrected chi connectivity index (χ2v) is 6.01. The Labute approximate surface area is 130 Å². The van der Waals surface area contributed by atoms with Gasteiger partial charge in [0.25, 0.3) is 5.69 Å². The van der Waals surface area contributed by atoms with Gasteiger partial charge in [0, 0.05) is 29.7 Å². The Hall–Kier alpha value is -1.17. The summed E-state index contributed by atoms with van der Waals surface area (Å²) in [6.07, 6.45) is 2.43. The standard InChI is InChI=1S/C15H22ClN3O2/c1-2-18(10-12-4-3-7-17-9-12)11-13-8-14(16)5-6-15(13)19(20)21/h5-6,8,12,17H,2-4,7,9-11H2,1H3. The number of piperidine rings is 1. The summed E-state index contributed by atoms with van der Waals surface area (Å²) >= 11 is 5.99. The lowest BCUT2D eigenvalue weighted by molar-refractivity contribution is -0.385. The van der Waals surface area contributed by atoms with Crippen LogP contribution in [0.3, 0.4) is 0 Å². The maximum absolute atomic E-state index is 11.1. The first-order valence-corrected chi connectivity index (χ1v) is 7.83. The molecule has 1 unspecified atom stereocenters. The van der Waals surface area contributed by atoms with E-state index in [1.165, 1.54) is 18.9 Å². The van der Waals surface area contributed by atoms with Crippen molar-refractivity contribution in [2.45, 2.75) is 26.3 Å². The third kappa shape index (κ3) is 4.66. The summed E-state index contributed by atoms with van der Waals surface area (Å²) in [5.74, 6) is 0.622. The zero-order valence-electron chi connectivity index (χ0n) is 12.3. The molecule has 1 atom stereocenters. The van der Waals surface area contributed by atoms with Crippen molar-refractivity contribution in [2.75, 3.05) is 26.2 Å². The van der Waals surface area contributed by atoms with Gasteiger partial charge in [0.1, 0.15) is 0 Å². The fourth-order valence-corrected chi connectivity index (χ4v) is 3.04. The highest BCUT2D eigenvalue weighted by Gasteiger charge is 2.20. The van der Waals surface area contributed by atoms with E-state index in [0.717, 1.165) is 26.2 Å². The maximum Gasteiger partial charge on any atom is 0.273 e. The van der Waals surface area contributed by atoms with Crippen LogP contribution in [-0.2, 0) is 6.54 Å². The van der Waals surface area contributed by atoms with Crippen LogP contribution in [-0.4, -0.2) is 36.0 Å². The van der Waals surface area contributed by atoms with Crippen molar-refractivity contribution in [1.29, 1.82) is 0 Å². The van der Waals surface area contributed by atoms with Crippen LogP contribution >= 0.6 is 11.6 Å². The van der Waals surface area contributed by atoms with Gasteiger partial charge in [0.2, 0.25) is 0 Å². The van der Waals surface area contributed by atoms with E-state index in [2.05, 4.69) is 17.1 Å². The predicted octanol–water partition coefficient (Wildman–Crippen LogP) is 3.07. The second-order valence-electron chi connectivity index (χ2n) is 5.57. The van der Waals surface area contributed by atoms with Gasteiger partial charge in [-0.3, -0.25) is 15.0 Å². The largest absolute Gasteiger partial charge is 0.316 e. The number of nitrogens with one attached hydrogen (secondary N) is 1. The molecule has 0 spiro atoms. The minimum atomic E-state index is -0.332. The summed E-state index contributed by atoms with van der Waals surface area (Å²) < 4.78 is 0. The Kier molecular flexibility index (Phi) is 5.96. The predicted molar refractivity (Wildman–Crippen MR) is 84.7 cm³/mol. The fraction of sp³-hybridized carbons (Fsp3) is 0.600. The monoisotopic (exact) mass is 311 g/mol. The molecule has 1 aliphatic rings. The molecule has 0 radical (unpaired) electrons. The average Bonchev–Trinajstić information content (AvgIpc) is 2.47. The van der Waals surface area contributed by atoms with Crippen molar-refractivity contribution < 1.29 is 4.92 Å². The SMILES string of the molecule is CCN(Cc1cc(Cl)ccc1[N+](=O)[O-])CC1CCCNC1. The van der Waals surface area contributed by atoms with Gasteiger partial charge in [-0.25, -0.2) is 0 Å². The molecule has 116 valence electrons. The molecule has 1 aromatic carbocycles. The van der Waals surface area contributed by atoms with Gasteiger partial charge >= 0.3 is 0 Å². The van der Waals surface area contributed by atoms with Crippen LogP contribution in [0.25, 0.3) is 0 Å². The molecule has 5 nitrogen and oxygen atoms in total. The molecular weight excluding hydrogens is 290 g/mol. The number of halogens is 1. The molecule has 0 bridgehead atoms. The second kappa shape index (κ2) is 7.73. The van der Waals surface area contributed by atoms with Crippen molar-refractivity contribution in [1.82, 2.24) is 10.2 Å². The number of nitro benzene ring substituents is 1. The molecule has 0 aliphatic carbocycles. The van der Waals surface area contributed by atoms with Crippen LogP contribution in [0.2, 0.25) is 5.02 Å². The van der Waals surface area contributed by atoms with Gasteiger partial charge in [0.15, 0.2) is 0 Å². The van der Waals surface area contributed by atoms with Crippen LogP contribution < -0.4 is 5.32 Å². The summed E-state index contributed by atoms with van der Waals surface area (Å²) in [6, 6.07) is 4.78. The van der Waals surface area contributed by atoms with Gasteiger partial charge in [-0.1, -0.05) is 18.5 Å². The molecule has 1 heterocycles. The summed E-state index contributed by atoms with van der Waals surface area (Å²) in [7, 11) is 0. The molecular formula is C15H22ClN3O2. The van der Waals surface area contributed by atoms with E-state index < -0.39 is 0 Å². The minimum absolute atomic E-state index is 0.152. The third-order valence-electron chi connectivity index (χ3n) is 3.99. The quantitative estimate of drug-likeness (QED) is 0.648. The highest BCUT2D eigenvalue weighted by atomic mass is 35.5. The van der Waals surface area contributed by atoms with Gasteiger partial charge in [-0.15, -0.1) is 0 Å². The van der Waals surface area contributed by atoms with E-state index >= 15 is 0 Å². The van der Waals surface area contributed by atoms with Crippen molar-refractivity contribution in [3.63, 3.8) is 0 Å². The molecule has 1 aromatic rings. The first kappa shape index (κ1) is 16.2. The van der Waals surface area contributed by atoms with Crippen molar-refractivity contribution >= 4 is 17.3 Å². The molecule has 0 amide bonds. The Morgan fingerprint density at radius 1 is 1.52 bits per heavy atom. The van der Waals surface area contributed by atoms with Gasteiger partial charge in [-0.05, 0) is 50.5 Å². The minimum Gasteiger partial charge on any atom is -0.316 e. The van der Waals surface area contributed by atoms with Crippen LogP contribution in [0.5, 0.6) is 0 Å². The summed E-state index contributed by atoms with van der Waals surface area (Å²) in [5, 5.41) is 15.1. The number of nitrogens with zero attached hydrogens (tertiary/aromatic N) is 2. The van der Waals surface area contributed by atoms with E-state index in [1.807, 2.05) is 0 Å². The first-order valence-electron chi connectivity index (χ1n) is 7.46. The number of hydrogen-bond acceptors (Lipinski definition) is 4. The Balaban J connectivity index is 2.06.